The Kier molecular flexibility index (Phi) is 7.96. The molecule has 0 saturated carbocycles. The van der Waals surface area contributed by atoms with Gasteiger partial charge in [0.2, 0.25) is 5.91 Å². The number of carbonyl (C=O) groups excluding carboxylic acids is 2. The average Bonchev–Trinajstić information content (AvgIpc) is 2.80. The number of carbonyl (C=O) groups is 2. The Balaban J connectivity index is 1.99. The number of nitrogens with zero attached hydrogens (tertiary/aromatic N) is 1. The SMILES string of the molecule is CCOC(=O)c1ccccc1NC(=O)CN(c1cc(Cl)ccc1C)S(=O)(=O)c1ccc(C)cc1. The Morgan fingerprint density at radius 2 is 1.68 bits per heavy atom. The lowest BCUT2D eigenvalue weighted by atomic mass is 10.1. The first-order chi connectivity index (χ1) is 16.1. The minimum absolute atomic E-state index is 0.0391. The van der Waals surface area contributed by atoms with Crippen molar-refractivity contribution in [3.8, 4) is 0 Å². The number of rotatable bonds is 8. The summed E-state index contributed by atoms with van der Waals surface area (Å²) in [6, 6.07) is 17.6. The molecule has 3 aromatic rings. The van der Waals surface area contributed by atoms with E-state index in [4.69, 9.17) is 16.3 Å². The molecule has 0 atom stereocenters. The second-order valence-corrected chi connectivity index (χ2v) is 9.87. The number of benzene rings is 3. The molecule has 0 aliphatic rings. The Morgan fingerprint density at radius 1 is 1.00 bits per heavy atom. The molecule has 0 aliphatic carbocycles. The molecule has 0 fully saturated rings. The zero-order valence-corrected chi connectivity index (χ0v) is 20.6. The van der Waals surface area contributed by atoms with E-state index in [1.54, 1.807) is 56.3 Å². The first-order valence-corrected chi connectivity index (χ1v) is 12.4. The van der Waals surface area contributed by atoms with Gasteiger partial charge in [0, 0.05) is 5.02 Å². The second kappa shape index (κ2) is 10.7. The maximum atomic E-state index is 13.6. The van der Waals surface area contributed by atoms with Crippen molar-refractivity contribution < 1.29 is 22.7 Å². The summed E-state index contributed by atoms with van der Waals surface area (Å²) in [5, 5.41) is 2.97. The average molecular weight is 501 g/mol. The van der Waals surface area contributed by atoms with Gasteiger partial charge in [-0.3, -0.25) is 9.10 Å². The van der Waals surface area contributed by atoms with Gasteiger partial charge in [-0.05, 0) is 62.7 Å². The van der Waals surface area contributed by atoms with E-state index in [-0.39, 0.29) is 28.4 Å². The molecule has 0 aromatic heterocycles. The predicted octanol–water partition coefficient (Wildman–Crippen LogP) is 4.97. The van der Waals surface area contributed by atoms with E-state index < -0.39 is 28.4 Å². The van der Waals surface area contributed by atoms with Crippen molar-refractivity contribution in [1.82, 2.24) is 0 Å². The fraction of sp³-hybridized carbons (Fsp3) is 0.200. The first-order valence-electron chi connectivity index (χ1n) is 10.5. The topological polar surface area (TPSA) is 92.8 Å². The predicted molar refractivity (Wildman–Crippen MR) is 133 cm³/mol. The Morgan fingerprint density at radius 3 is 2.35 bits per heavy atom. The molecule has 1 amide bonds. The molecule has 3 aromatic carbocycles. The molecule has 7 nitrogen and oxygen atoms in total. The largest absolute Gasteiger partial charge is 0.462 e. The summed E-state index contributed by atoms with van der Waals surface area (Å²) in [7, 11) is -4.11. The van der Waals surface area contributed by atoms with Crippen molar-refractivity contribution in [1.29, 1.82) is 0 Å². The number of sulfonamides is 1. The number of halogens is 1. The molecule has 1 N–H and O–H groups in total. The van der Waals surface area contributed by atoms with E-state index >= 15 is 0 Å². The van der Waals surface area contributed by atoms with Gasteiger partial charge < -0.3 is 10.1 Å². The highest BCUT2D eigenvalue weighted by atomic mass is 35.5. The van der Waals surface area contributed by atoms with Gasteiger partial charge in [-0.15, -0.1) is 0 Å². The number of ether oxygens (including phenoxy) is 1. The highest BCUT2D eigenvalue weighted by Crippen LogP contribution is 2.30. The van der Waals surface area contributed by atoms with Crippen molar-refractivity contribution >= 4 is 44.9 Å². The summed E-state index contributed by atoms with van der Waals surface area (Å²) in [5.74, 6) is -1.22. The van der Waals surface area contributed by atoms with Gasteiger partial charge in [0.1, 0.15) is 6.54 Å². The van der Waals surface area contributed by atoms with Crippen molar-refractivity contribution in [2.24, 2.45) is 0 Å². The van der Waals surface area contributed by atoms with Crippen LogP contribution in [-0.2, 0) is 19.6 Å². The quantitative estimate of drug-likeness (QED) is 0.441. The summed E-state index contributed by atoms with van der Waals surface area (Å²) < 4.78 is 33.2. The molecule has 34 heavy (non-hydrogen) atoms. The molecular formula is C25H25ClN2O5S. The molecule has 9 heteroatoms. The van der Waals surface area contributed by atoms with E-state index in [0.29, 0.717) is 10.6 Å². The number of amides is 1. The molecule has 0 radical (unpaired) electrons. The fourth-order valence-corrected chi connectivity index (χ4v) is 4.93. The van der Waals surface area contributed by atoms with Crippen LogP contribution in [0.2, 0.25) is 5.02 Å². The highest BCUT2D eigenvalue weighted by Gasteiger charge is 2.29. The molecule has 3 rings (SSSR count). The van der Waals surface area contributed by atoms with E-state index in [0.717, 1.165) is 9.87 Å². The molecule has 0 heterocycles. The lowest BCUT2D eigenvalue weighted by Gasteiger charge is -2.26. The Hall–Kier alpha value is -3.36. The summed E-state index contributed by atoms with van der Waals surface area (Å²) in [5.41, 5.74) is 2.20. The van der Waals surface area contributed by atoms with E-state index in [9.17, 15) is 18.0 Å². The minimum atomic E-state index is -4.11. The van der Waals surface area contributed by atoms with Gasteiger partial charge in [-0.2, -0.15) is 0 Å². The Bertz CT molecular complexity index is 1310. The van der Waals surface area contributed by atoms with Crippen LogP contribution in [0.4, 0.5) is 11.4 Å². The molecule has 0 spiro atoms. The van der Waals surface area contributed by atoms with Crippen molar-refractivity contribution in [3.63, 3.8) is 0 Å². The van der Waals surface area contributed by atoms with Crippen LogP contribution in [0, 0.1) is 13.8 Å². The van der Waals surface area contributed by atoms with Crippen molar-refractivity contribution in [2.75, 3.05) is 22.8 Å². The van der Waals surface area contributed by atoms with E-state index in [1.807, 2.05) is 6.92 Å². The zero-order chi connectivity index (χ0) is 24.9. The van der Waals surface area contributed by atoms with Crippen LogP contribution >= 0.6 is 11.6 Å². The van der Waals surface area contributed by atoms with Crippen LogP contribution < -0.4 is 9.62 Å². The summed E-state index contributed by atoms with van der Waals surface area (Å²) in [6.45, 7) is 4.91. The first kappa shape index (κ1) is 25.3. The van der Waals surface area contributed by atoms with Crippen molar-refractivity contribution in [3.05, 3.63) is 88.4 Å². The third kappa shape index (κ3) is 5.76. The third-order valence-corrected chi connectivity index (χ3v) is 7.04. The summed E-state index contributed by atoms with van der Waals surface area (Å²) >= 11 is 6.16. The number of hydrogen-bond donors (Lipinski definition) is 1. The Labute approximate surface area is 204 Å². The summed E-state index contributed by atoms with van der Waals surface area (Å²) in [4.78, 5) is 25.3. The van der Waals surface area contributed by atoms with Crippen LogP contribution in [0.25, 0.3) is 0 Å². The number of nitrogens with one attached hydrogen (secondary N) is 1. The van der Waals surface area contributed by atoms with Crippen LogP contribution in [0.1, 0.15) is 28.4 Å². The summed E-state index contributed by atoms with van der Waals surface area (Å²) in [6.07, 6.45) is 0. The lowest BCUT2D eigenvalue weighted by molar-refractivity contribution is -0.114. The maximum absolute atomic E-state index is 13.6. The van der Waals surface area contributed by atoms with Crippen molar-refractivity contribution in [2.45, 2.75) is 25.7 Å². The van der Waals surface area contributed by atoms with Crippen LogP contribution in [0.15, 0.2) is 71.6 Å². The zero-order valence-electron chi connectivity index (χ0n) is 19.0. The van der Waals surface area contributed by atoms with Gasteiger partial charge in [-0.1, -0.05) is 47.5 Å². The minimum Gasteiger partial charge on any atom is -0.462 e. The van der Waals surface area contributed by atoms with Gasteiger partial charge in [-0.25, -0.2) is 13.2 Å². The number of hydrogen-bond acceptors (Lipinski definition) is 5. The van der Waals surface area contributed by atoms with Gasteiger partial charge in [0.15, 0.2) is 0 Å². The number of para-hydroxylation sites is 1. The van der Waals surface area contributed by atoms with Crippen LogP contribution in [0.5, 0.6) is 0 Å². The molecule has 0 saturated heterocycles. The van der Waals surface area contributed by atoms with E-state index in [2.05, 4.69) is 5.32 Å². The monoisotopic (exact) mass is 500 g/mol. The maximum Gasteiger partial charge on any atom is 0.340 e. The smallest absolute Gasteiger partial charge is 0.340 e. The number of anilines is 2. The molecule has 178 valence electrons. The van der Waals surface area contributed by atoms with E-state index in [1.165, 1.54) is 24.3 Å². The normalized spacial score (nSPS) is 11.1. The number of aryl methyl sites for hydroxylation is 2. The van der Waals surface area contributed by atoms with Gasteiger partial charge in [0.25, 0.3) is 10.0 Å². The molecule has 0 aliphatic heterocycles. The molecule has 0 unspecified atom stereocenters. The number of esters is 1. The lowest BCUT2D eigenvalue weighted by Crippen LogP contribution is -2.38. The van der Waals surface area contributed by atoms with Gasteiger partial charge >= 0.3 is 5.97 Å². The fourth-order valence-electron chi connectivity index (χ4n) is 3.29. The van der Waals surface area contributed by atoms with Gasteiger partial charge in [0.05, 0.1) is 28.4 Å². The standard InChI is InChI=1S/C25H25ClN2O5S/c1-4-33-25(30)21-7-5-6-8-22(21)27-24(29)16-28(23-15-19(26)12-11-18(23)3)34(31,32)20-13-9-17(2)10-14-20/h5-15H,4,16H2,1-3H3,(H,27,29). The highest BCUT2D eigenvalue weighted by molar-refractivity contribution is 7.92. The second-order valence-electron chi connectivity index (χ2n) is 7.57. The molecular weight excluding hydrogens is 476 g/mol. The van der Waals surface area contributed by atoms with Crippen LogP contribution in [0.3, 0.4) is 0 Å². The third-order valence-electron chi connectivity index (χ3n) is 5.03. The van der Waals surface area contributed by atoms with Crippen LogP contribution in [-0.4, -0.2) is 33.4 Å². The molecule has 0 bridgehead atoms.